The number of rotatable bonds is 7. The van der Waals surface area contributed by atoms with E-state index in [2.05, 4.69) is 0 Å². The van der Waals surface area contributed by atoms with Crippen LogP contribution in [0.1, 0.15) is 38.8 Å². The summed E-state index contributed by atoms with van der Waals surface area (Å²) in [5.74, 6) is -5.57. The third kappa shape index (κ3) is 6.25. The molecule has 1 aliphatic heterocycles. The van der Waals surface area contributed by atoms with E-state index < -0.39 is 60.7 Å². The van der Waals surface area contributed by atoms with E-state index in [1.165, 1.54) is 30.0 Å². The lowest BCUT2D eigenvalue weighted by molar-refractivity contribution is -0.360. The molecular weight excluding hydrogens is 470 g/mol. The highest BCUT2D eigenvalue weighted by molar-refractivity contribution is 7.98. The van der Waals surface area contributed by atoms with E-state index in [1.807, 2.05) is 6.07 Å². The molecule has 12 heteroatoms. The van der Waals surface area contributed by atoms with Crippen molar-refractivity contribution in [3.63, 3.8) is 0 Å². The number of esters is 4. The fourth-order valence-corrected chi connectivity index (χ4v) is 4.23. The molecule has 0 spiro atoms. The SMILES string of the molecule is CSc1cc(C#N)ccc1[C@]1(O)O[C@H](COC(C)=O)[C@@H](OC(C)=O)[C@H](OC(C)=O)[C@H]1OC(C)=O. The van der Waals surface area contributed by atoms with Crippen LogP contribution < -0.4 is 0 Å². The fraction of sp³-hybridized carbons (Fsp3) is 0.500. The molecule has 1 aliphatic rings. The van der Waals surface area contributed by atoms with Crippen LogP contribution in [0.25, 0.3) is 0 Å². The fourth-order valence-electron chi connectivity index (χ4n) is 3.55. The highest BCUT2D eigenvalue weighted by atomic mass is 32.2. The van der Waals surface area contributed by atoms with Crippen LogP contribution in [-0.4, -0.2) is 66.3 Å². The minimum absolute atomic E-state index is 0.0940. The van der Waals surface area contributed by atoms with Gasteiger partial charge >= 0.3 is 23.9 Å². The van der Waals surface area contributed by atoms with Gasteiger partial charge in [-0.05, 0) is 18.4 Å². The molecule has 0 aliphatic carbocycles. The van der Waals surface area contributed by atoms with Gasteiger partial charge in [-0.25, -0.2) is 0 Å². The zero-order chi connectivity index (χ0) is 25.6. The Hall–Kier alpha value is -3.14. The van der Waals surface area contributed by atoms with Gasteiger partial charge in [0.15, 0.2) is 12.2 Å². The topological polar surface area (TPSA) is 158 Å². The van der Waals surface area contributed by atoms with E-state index in [0.717, 1.165) is 27.7 Å². The zero-order valence-electron chi connectivity index (χ0n) is 19.2. The Bertz CT molecular complexity index is 1010. The van der Waals surface area contributed by atoms with Gasteiger partial charge in [-0.1, -0.05) is 6.07 Å². The summed E-state index contributed by atoms with van der Waals surface area (Å²) in [6.45, 7) is 3.92. The van der Waals surface area contributed by atoms with Crippen molar-refractivity contribution < 1.29 is 48.0 Å². The van der Waals surface area contributed by atoms with Crippen molar-refractivity contribution in [2.24, 2.45) is 0 Å². The summed E-state index contributed by atoms with van der Waals surface area (Å²) >= 11 is 1.17. The molecule has 2 rings (SSSR count). The minimum atomic E-state index is -2.44. The molecule has 11 nitrogen and oxygen atoms in total. The summed E-state index contributed by atoms with van der Waals surface area (Å²) in [6.07, 6.45) is -4.25. The predicted molar refractivity (Wildman–Crippen MR) is 115 cm³/mol. The van der Waals surface area contributed by atoms with Gasteiger partial charge < -0.3 is 28.8 Å². The lowest BCUT2D eigenvalue weighted by Gasteiger charge is -2.49. The molecule has 0 radical (unpaired) electrons. The van der Waals surface area contributed by atoms with E-state index in [-0.39, 0.29) is 5.56 Å². The molecule has 0 bridgehead atoms. The molecule has 5 atom stereocenters. The number of benzene rings is 1. The first-order valence-corrected chi connectivity index (χ1v) is 11.3. The molecule has 1 N–H and O–H groups in total. The van der Waals surface area contributed by atoms with Crippen LogP contribution in [0.2, 0.25) is 0 Å². The summed E-state index contributed by atoms with van der Waals surface area (Å²) < 4.78 is 26.9. The molecule has 1 aromatic carbocycles. The van der Waals surface area contributed by atoms with Gasteiger partial charge in [0.2, 0.25) is 11.9 Å². The lowest BCUT2D eigenvalue weighted by Crippen LogP contribution is -2.66. The van der Waals surface area contributed by atoms with Gasteiger partial charge in [0, 0.05) is 38.2 Å². The van der Waals surface area contributed by atoms with Crippen molar-refractivity contribution in [2.45, 2.75) is 62.8 Å². The largest absolute Gasteiger partial charge is 0.463 e. The first-order chi connectivity index (χ1) is 15.9. The van der Waals surface area contributed by atoms with E-state index in [0.29, 0.717) is 10.5 Å². The highest BCUT2D eigenvalue weighted by Gasteiger charge is 2.60. The number of thioether (sulfide) groups is 1. The maximum Gasteiger partial charge on any atom is 0.303 e. The summed E-state index contributed by atoms with van der Waals surface area (Å²) in [6, 6.07) is 6.30. The number of hydrogen-bond donors (Lipinski definition) is 1. The second-order valence-electron chi connectivity index (χ2n) is 7.36. The maximum atomic E-state index is 12.0. The molecular formula is C22H25NO10S. The van der Waals surface area contributed by atoms with Crippen molar-refractivity contribution in [2.75, 3.05) is 12.9 Å². The molecule has 1 heterocycles. The third-order valence-corrected chi connectivity index (χ3v) is 5.55. The van der Waals surface area contributed by atoms with Crippen LogP contribution >= 0.6 is 11.8 Å². The van der Waals surface area contributed by atoms with Gasteiger partial charge in [-0.15, -0.1) is 11.8 Å². The molecule has 1 aromatic rings. The minimum Gasteiger partial charge on any atom is -0.463 e. The highest BCUT2D eigenvalue weighted by Crippen LogP contribution is 2.43. The van der Waals surface area contributed by atoms with Crippen molar-refractivity contribution >= 4 is 35.6 Å². The average molecular weight is 496 g/mol. The van der Waals surface area contributed by atoms with E-state index >= 15 is 0 Å². The summed E-state index contributed by atoms with van der Waals surface area (Å²) in [7, 11) is 0. The van der Waals surface area contributed by atoms with Crippen molar-refractivity contribution in [3.05, 3.63) is 29.3 Å². The van der Waals surface area contributed by atoms with E-state index in [9.17, 15) is 29.5 Å². The van der Waals surface area contributed by atoms with Gasteiger partial charge in [0.1, 0.15) is 12.7 Å². The number of nitriles is 1. The first-order valence-electron chi connectivity index (χ1n) is 10.1. The number of nitrogens with zero attached hydrogens (tertiary/aromatic N) is 1. The Kier molecular flexibility index (Phi) is 9.03. The second-order valence-corrected chi connectivity index (χ2v) is 8.21. The van der Waals surface area contributed by atoms with Gasteiger partial charge in [0.05, 0.1) is 11.6 Å². The van der Waals surface area contributed by atoms with Crippen molar-refractivity contribution in [1.29, 1.82) is 5.26 Å². The van der Waals surface area contributed by atoms with Gasteiger partial charge in [0.25, 0.3) is 0 Å². The molecule has 0 saturated carbocycles. The Morgan fingerprint density at radius 3 is 2.12 bits per heavy atom. The first kappa shape index (κ1) is 27.1. The number of carbonyl (C=O) groups excluding carboxylic acids is 4. The monoisotopic (exact) mass is 495 g/mol. The molecule has 34 heavy (non-hydrogen) atoms. The van der Waals surface area contributed by atoms with Crippen LogP contribution in [0.15, 0.2) is 23.1 Å². The van der Waals surface area contributed by atoms with Gasteiger partial charge in [-0.2, -0.15) is 5.26 Å². The van der Waals surface area contributed by atoms with Crippen LogP contribution in [-0.2, 0) is 48.6 Å². The van der Waals surface area contributed by atoms with Crippen molar-refractivity contribution in [3.8, 4) is 6.07 Å². The Morgan fingerprint density at radius 1 is 1.03 bits per heavy atom. The lowest BCUT2D eigenvalue weighted by atomic mass is 9.87. The van der Waals surface area contributed by atoms with E-state index in [1.54, 1.807) is 6.26 Å². The van der Waals surface area contributed by atoms with Crippen LogP contribution in [0.5, 0.6) is 0 Å². The Morgan fingerprint density at radius 2 is 1.62 bits per heavy atom. The van der Waals surface area contributed by atoms with E-state index in [4.69, 9.17) is 23.7 Å². The normalized spacial score (nSPS) is 26.0. The number of hydrogen-bond acceptors (Lipinski definition) is 12. The standard InChI is InChI=1S/C22H25NO10S/c1-11(24)29-10-17-19(30-12(2)25)20(31-13(3)26)21(32-14(4)27)22(28,33-17)16-7-6-15(9-23)8-18(16)34-5/h6-8,17,19-21,28H,10H2,1-5H3/t17-,19-,20+,21-,22+/m1/s1. The van der Waals surface area contributed by atoms with Crippen molar-refractivity contribution in [1.82, 2.24) is 0 Å². The smallest absolute Gasteiger partial charge is 0.303 e. The van der Waals surface area contributed by atoms with Crippen LogP contribution in [0.4, 0.5) is 0 Å². The molecule has 1 saturated heterocycles. The quantitative estimate of drug-likeness (QED) is 0.327. The number of ether oxygens (including phenoxy) is 5. The average Bonchev–Trinajstić information content (AvgIpc) is 2.75. The molecule has 184 valence electrons. The molecule has 1 fully saturated rings. The Balaban J connectivity index is 2.74. The Labute approximate surface area is 200 Å². The summed E-state index contributed by atoms with van der Waals surface area (Å²) in [5.41, 5.74) is 0.388. The third-order valence-electron chi connectivity index (χ3n) is 4.77. The molecule has 0 unspecified atom stereocenters. The zero-order valence-corrected chi connectivity index (χ0v) is 20.0. The molecule has 0 aromatic heterocycles. The summed E-state index contributed by atoms with van der Waals surface area (Å²) in [5, 5.41) is 21.1. The number of aliphatic hydroxyl groups is 1. The van der Waals surface area contributed by atoms with Crippen LogP contribution in [0, 0.1) is 11.3 Å². The maximum absolute atomic E-state index is 12.0. The van der Waals surface area contributed by atoms with Crippen LogP contribution in [0.3, 0.4) is 0 Å². The molecule has 0 amide bonds. The predicted octanol–water partition coefficient (Wildman–Crippen LogP) is 1.18. The number of carbonyl (C=O) groups is 4. The summed E-state index contributed by atoms with van der Waals surface area (Å²) in [4.78, 5) is 47.6. The van der Waals surface area contributed by atoms with Gasteiger partial charge in [-0.3, -0.25) is 19.2 Å². The second kappa shape index (κ2) is 11.3.